The number of hydrogen-bond donors (Lipinski definition) is 2. The smallest absolute Gasteiger partial charge is 0.407 e. The number of carbonyl (C=O) groups is 1. The number of phenolic OH excluding ortho intramolecular Hbond substituents is 1. The highest BCUT2D eigenvalue weighted by atomic mass is 32.1. The van der Waals surface area contributed by atoms with Gasteiger partial charge < -0.3 is 19.5 Å². The summed E-state index contributed by atoms with van der Waals surface area (Å²) in [6.45, 7) is 1.09. The average Bonchev–Trinajstić information content (AvgIpc) is 3.25. The molecular formula is C16H14N4O4S. The van der Waals surface area contributed by atoms with Crippen molar-refractivity contribution in [1.29, 1.82) is 0 Å². The second kappa shape index (κ2) is 5.09. The van der Waals surface area contributed by atoms with E-state index in [0.29, 0.717) is 30.2 Å². The van der Waals surface area contributed by atoms with Gasteiger partial charge in [-0.05, 0) is 18.6 Å². The zero-order valence-electron chi connectivity index (χ0n) is 13.0. The fraction of sp³-hybridized carbons (Fsp3) is 0.312. The summed E-state index contributed by atoms with van der Waals surface area (Å²) in [5.41, 5.74) is 1.69. The summed E-state index contributed by atoms with van der Waals surface area (Å²) in [5.74, 6) is 0.0552. The summed E-state index contributed by atoms with van der Waals surface area (Å²) in [7, 11) is 0. The third-order valence-electron chi connectivity index (χ3n) is 4.86. The summed E-state index contributed by atoms with van der Waals surface area (Å²) in [6, 6.07) is 3.71. The first-order valence-electron chi connectivity index (χ1n) is 7.90. The number of anilines is 1. The molecule has 0 aliphatic carbocycles. The normalized spacial score (nSPS) is 22.2. The Morgan fingerprint density at radius 2 is 2.12 bits per heavy atom. The molecule has 3 fully saturated rings. The lowest BCUT2D eigenvalue weighted by Gasteiger charge is -2.54. The number of carboxylic acid groups (broad SMARTS) is 1. The van der Waals surface area contributed by atoms with Crippen LogP contribution in [0.3, 0.4) is 0 Å². The molecule has 25 heavy (non-hydrogen) atoms. The predicted molar refractivity (Wildman–Crippen MR) is 91.1 cm³/mol. The molecule has 2 aromatic heterocycles. The Morgan fingerprint density at radius 1 is 1.32 bits per heavy atom. The molecule has 2 bridgehead atoms. The first kappa shape index (κ1) is 14.5. The SMILES string of the molecule is O=C(O)N1C2CC1CN(c1nc3c(O)ccc(-c4nccs4)c3o1)C2. The summed E-state index contributed by atoms with van der Waals surface area (Å²) >= 11 is 1.49. The molecule has 1 aromatic carbocycles. The molecule has 3 aliphatic heterocycles. The van der Waals surface area contributed by atoms with Gasteiger partial charge in [0.2, 0.25) is 0 Å². The zero-order valence-corrected chi connectivity index (χ0v) is 13.8. The van der Waals surface area contributed by atoms with E-state index in [0.717, 1.165) is 17.0 Å². The molecule has 2 unspecified atom stereocenters. The summed E-state index contributed by atoms with van der Waals surface area (Å²) < 4.78 is 5.96. The lowest BCUT2D eigenvalue weighted by Crippen LogP contribution is -2.70. The van der Waals surface area contributed by atoms with Gasteiger partial charge in [-0.1, -0.05) is 0 Å². The van der Waals surface area contributed by atoms with Gasteiger partial charge in [0.1, 0.15) is 10.8 Å². The number of benzene rings is 1. The van der Waals surface area contributed by atoms with Crippen molar-refractivity contribution in [3.63, 3.8) is 0 Å². The fourth-order valence-corrected chi connectivity index (χ4v) is 4.38. The van der Waals surface area contributed by atoms with E-state index < -0.39 is 6.09 Å². The Bertz CT molecular complexity index is 958. The molecule has 2 atom stereocenters. The fourth-order valence-electron chi connectivity index (χ4n) is 3.72. The minimum absolute atomic E-state index is 0.0294. The van der Waals surface area contributed by atoms with E-state index in [9.17, 15) is 15.0 Å². The van der Waals surface area contributed by atoms with Gasteiger partial charge >= 0.3 is 6.09 Å². The molecule has 6 rings (SSSR count). The number of amides is 1. The van der Waals surface area contributed by atoms with Crippen molar-refractivity contribution in [2.24, 2.45) is 0 Å². The van der Waals surface area contributed by atoms with Crippen molar-refractivity contribution in [1.82, 2.24) is 14.9 Å². The van der Waals surface area contributed by atoms with Gasteiger partial charge in [-0.2, -0.15) is 4.98 Å². The zero-order chi connectivity index (χ0) is 17.1. The molecular weight excluding hydrogens is 344 g/mol. The number of aromatic hydroxyl groups is 1. The van der Waals surface area contributed by atoms with Gasteiger partial charge in [-0.3, -0.25) is 4.90 Å². The molecule has 128 valence electrons. The molecule has 0 saturated carbocycles. The van der Waals surface area contributed by atoms with Crippen LogP contribution < -0.4 is 4.90 Å². The lowest BCUT2D eigenvalue weighted by molar-refractivity contribution is 0.0101. The van der Waals surface area contributed by atoms with Crippen LogP contribution in [-0.4, -0.2) is 56.3 Å². The minimum Gasteiger partial charge on any atom is -0.506 e. The summed E-state index contributed by atoms with van der Waals surface area (Å²) in [4.78, 5) is 23.4. The third kappa shape index (κ3) is 2.08. The molecule has 0 radical (unpaired) electrons. The number of piperazine rings is 1. The lowest BCUT2D eigenvalue weighted by atomic mass is 9.88. The van der Waals surface area contributed by atoms with Crippen molar-refractivity contribution < 1.29 is 19.4 Å². The van der Waals surface area contributed by atoms with E-state index in [1.165, 1.54) is 16.2 Å². The van der Waals surface area contributed by atoms with Crippen LogP contribution in [0.25, 0.3) is 21.7 Å². The van der Waals surface area contributed by atoms with Crippen molar-refractivity contribution in [2.45, 2.75) is 18.5 Å². The molecule has 5 heterocycles. The second-order valence-corrected chi connectivity index (χ2v) is 7.18. The van der Waals surface area contributed by atoms with E-state index in [1.54, 1.807) is 18.3 Å². The number of phenols is 1. The number of hydrogen-bond acceptors (Lipinski definition) is 7. The van der Waals surface area contributed by atoms with E-state index >= 15 is 0 Å². The van der Waals surface area contributed by atoms with Gasteiger partial charge in [-0.25, -0.2) is 9.78 Å². The van der Waals surface area contributed by atoms with Gasteiger partial charge in [0.25, 0.3) is 6.01 Å². The van der Waals surface area contributed by atoms with Crippen molar-refractivity contribution in [3.8, 4) is 16.3 Å². The standard InChI is InChI=1S/C16H14N4O4S/c21-11-2-1-10(14-17-3-4-25-14)13-12(11)18-15(24-13)19-6-8-5-9(7-19)20(8)16(22)23/h1-4,8-9,21H,5-7H2,(H,22,23). The van der Waals surface area contributed by atoms with Crippen molar-refractivity contribution in [2.75, 3.05) is 18.0 Å². The van der Waals surface area contributed by atoms with Crippen LogP contribution in [0, 0.1) is 0 Å². The highest BCUT2D eigenvalue weighted by Crippen LogP contribution is 2.39. The van der Waals surface area contributed by atoms with Crippen LogP contribution in [0.5, 0.6) is 5.75 Å². The largest absolute Gasteiger partial charge is 0.506 e. The Hall–Kier alpha value is -2.81. The van der Waals surface area contributed by atoms with Crippen molar-refractivity contribution >= 4 is 34.5 Å². The average molecular weight is 358 g/mol. The number of nitrogens with zero attached hydrogens (tertiary/aromatic N) is 4. The topological polar surface area (TPSA) is 103 Å². The van der Waals surface area contributed by atoms with Crippen LogP contribution >= 0.6 is 11.3 Å². The molecule has 3 aromatic rings. The van der Waals surface area contributed by atoms with Crippen LogP contribution in [0.15, 0.2) is 28.1 Å². The van der Waals surface area contributed by atoms with Gasteiger partial charge in [-0.15, -0.1) is 11.3 Å². The highest BCUT2D eigenvalue weighted by Gasteiger charge is 2.48. The third-order valence-corrected chi connectivity index (χ3v) is 5.66. The van der Waals surface area contributed by atoms with Crippen LogP contribution in [-0.2, 0) is 0 Å². The minimum atomic E-state index is -0.873. The number of piperidine rings is 1. The molecule has 2 N–H and O–H groups in total. The summed E-state index contributed by atoms with van der Waals surface area (Å²) in [6.07, 6.45) is 1.72. The Morgan fingerprint density at radius 3 is 2.80 bits per heavy atom. The van der Waals surface area contributed by atoms with Gasteiger partial charge in [0.05, 0.1) is 17.6 Å². The van der Waals surface area contributed by atoms with Crippen LogP contribution in [0.4, 0.5) is 10.8 Å². The highest BCUT2D eigenvalue weighted by molar-refractivity contribution is 7.13. The van der Waals surface area contributed by atoms with E-state index in [-0.39, 0.29) is 17.8 Å². The Kier molecular flexibility index (Phi) is 2.96. The second-order valence-electron chi connectivity index (χ2n) is 6.28. The Labute approximate surface area is 145 Å². The van der Waals surface area contributed by atoms with Crippen LogP contribution in [0.2, 0.25) is 0 Å². The van der Waals surface area contributed by atoms with Gasteiger partial charge in [0, 0.05) is 24.7 Å². The van der Waals surface area contributed by atoms with Crippen molar-refractivity contribution in [3.05, 3.63) is 23.7 Å². The number of fused-ring (bicyclic) bond motifs is 3. The quantitative estimate of drug-likeness (QED) is 0.726. The maximum absolute atomic E-state index is 11.2. The molecule has 9 heteroatoms. The predicted octanol–water partition coefficient (Wildman–Crippen LogP) is 2.60. The van der Waals surface area contributed by atoms with Crippen LogP contribution in [0.1, 0.15) is 6.42 Å². The molecule has 0 spiro atoms. The first-order valence-corrected chi connectivity index (χ1v) is 8.78. The maximum Gasteiger partial charge on any atom is 0.407 e. The number of oxazole rings is 1. The number of rotatable bonds is 2. The van der Waals surface area contributed by atoms with E-state index in [1.807, 2.05) is 10.3 Å². The van der Waals surface area contributed by atoms with Gasteiger partial charge in [0.15, 0.2) is 11.1 Å². The summed E-state index contributed by atoms with van der Waals surface area (Å²) in [5, 5.41) is 22.0. The van der Waals surface area contributed by atoms with E-state index in [4.69, 9.17) is 4.42 Å². The molecule has 8 nitrogen and oxygen atoms in total. The van der Waals surface area contributed by atoms with E-state index in [2.05, 4.69) is 9.97 Å². The number of aromatic nitrogens is 2. The maximum atomic E-state index is 11.2. The Balaban J connectivity index is 1.53. The molecule has 3 saturated heterocycles. The number of thiazole rings is 1. The first-order chi connectivity index (χ1) is 12.1. The molecule has 3 aliphatic rings. The molecule has 1 amide bonds. The monoisotopic (exact) mass is 358 g/mol.